The maximum atomic E-state index is 13.3. The molecule has 3 aromatic rings. The second-order valence-electron chi connectivity index (χ2n) is 7.64. The Bertz CT molecular complexity index is 1090. The average Bonchev–Trinajstić information content (AvgIpc) is 3.33. The first-order valence-corrected chi connectivity index (χ1v) is 10.4. The van der Waals surface area contributed by atoms with Crippen LogP contribution in [0.5, 0.6) is 17.2 Å². The lowest BCUT2D eigenvalue weighted by Crippen LogP contribution is -2.35. The van der Waals surface area contributed by atoms with Crippen LogP contribution in [0.2, 0.25) is 0 Å². The number of aromatic amines is 1. The van der Waals surface area contributed by atoms with Crippen LogP contribution in [-0.4, -0.2) is 47.9 Å². The van der Waals surface area contributed by atoms with Gasteiger partial charge in [-0.3, -0.25) is 9.89 Å². The summed E-state index contributed by atoms with van der Waals surface area (Å²) in [5.41, 5.74) is 4.01. The average molecular weight is 421 g/mol. The Morgan fingerprint density at radius 2 is 1.81 bits per heavy atom. The van der Waals surface area contributed by atoms with Gasteiger partial charge >= 0.3 is 0 Å². The van der Waals surface area contributed by atoms with E-state index in [2.05, 4.69) is 10.2 Å². The summed E-state index contributed by atoms with van der Waals surface area (Å²) in [5, 5.41) is 7.48. The molecule has 0 radical (unpaired) electrons. The van der Waals surface area contributed by atoms with Crippen molar-refractivity contribution < 1.29 is 19.0 Å². The van der Waals surface area contributed by atoms with E-state index in [1.807, 2.05) is 68.1 Å². The fourth-order valence-electron chi connectivity index (χ4n) is 4.12. The van der Waals surface area contributed by atoms with Crippen molar-refractivity contribution in [1.82, 2.24) is 15.1 Å². The summed E-state index contributed by atoms with van der Waals surface area (Å²) in [4.78, 5) is 15.1. The lowest BCUT2D eigenvalue weighted by Gasteiger charge is -2.30. The molecule has 1 amide bonds. The highest BCUT2D eigenvalue weighted by Crippen LogP contribution is 2.45. The number of carbonyl (C=O) groups excluding carboxylic acids is 1. The van der Waals surface area contributed by atoms with Gasteiger partial charge in [0, 0.05) is 17.2 Å². The number of rotatable bonds is 7. The summed E-state index contributed by atoms with van der Waals surface area (Å²) in [6, 6.07) is 13.2. The molecule has 7 nitrogen and oxygen atoms in total. The van der Waals surface area contributed by atoms with Gasteiger partial charge in [-0.25, -0.2) is 0 Å². The summed E-state index contributed by atoms with van der Waals surface area (Å²) < 4.78 is 16.5. The Balaban J connectivity index is 1.86. The third-order valence-corrected chi connectivity index (χ3v) is 5.53. The summed E-state index contributed by atoms with van der Waals surface area (Å²) in [5.74, 6) is 2.02. The quantitative estimate of drug-likeness (QED) is 0.610. The third kappa shape index (κ3) is 3.50. The van der Waals surface area contributed by atoms with Crippen molar-refractivity contribution in [2.45, 2.75) is 32.9 Å². The summed E-state index contributed by atoms with van der Waals surface area (Å²) >= 11 is 0. The van der Waals surface area contributed by atoms with Crippen molar-refractivity contribution in [3.63, 3.8) is 0 Å². The highest BCUT2D eigenvalue weighted by atomic mass is 16.5. The van der Waals surface area contributed by atoms with Crippen molar-refractivity contribution in [2.75, 3.05) is 20.8 Å². The van der Waals surface area contributed by atoms with E-state index in [-0.39, 0.29) is 18.0 Å². The maximum absolute atomic E-state index is 13.3. The van der Waals surface area contributed by atoms with Gasteiger partial charge < -0.3 is 19.1 Å². The summed E-state index contributed by atoms with van der Waals surface area (Å²) in [6.07, 6.45) is 0. The van der Waals surface area contributed by atoms with E-state index < -0.39 is 0 Å². The van der Waals surface area contributed by atoms with Gasteiger partial charge in [-0.05, 0) is 62.7 Å². The van der Waals surface area contributed by atoms with Crippen LogP contribution in [-0.2, 0) is 0 Å². The third-order valence-electron chi connectivity index (χ3n) is 5.53. The topological polar surface area (TPSA) is 76.7 Å². The number of fused-ring (bicyclic) bond motifs is 1. The molecule has 0 saturated heterocycles. The highest BCUT2D eigenvalue weighted by molar-refractivity contribution is 6.00. The SMILES string of the molecule is CCOc1ccc(C2c3c(-c4ccc(OC)cc4)n[nH]c3C(=O)N2C(C)C)cc1OC. The molecule has 0 saturated carbocycles. The number of nitrogens with one attached hydrogen (secondary N) is 1. The number of methoxy groups -OCH3 is 2. The van der Waals surface area contributed by atoms with Crippen LogP contribution >= 0.6 is 0 Å². The van der Waals surface area contributed by atoms with Crippen molar-refractivity contribution in [1.29, 1.82) is 0 Å². The standard InChI is InChI=1S/C24H27N3O4/c1-6-31-18-12-9-16(13-19(18)30-5)23-20-21(15-7-10-17(29-4)11-8-15)25-26-22(20)24(28)27(23)14(2)3/h7-14,23H,6H2,1-5H3,(H,25,26). The molecule has 4 rings (SSSR count). The minimum absolute atomic E-state index is 0.000388. The second-order valence-corrected chi connectivity index (χ2v) is 7.64. The van der Waals surface area contributed by atoms with E-state index in [0.29, 0.717) is 23.8 Å². The number of nitrogens with zero attached hydrogens (tertiary/aromatic N) is 2. The van der Waals surface area contributed by atoms with Crippen molar-refractivity contribution in [3.8, 4) is 28.5 Å². The summed E-state index contributed by atoms with van der Waals surface area (Å²) in [6.45, 7) is 6.51. The first-order chi connectivity index (χ1) is 15.0. The molecule has 1 atom stereocenters. The van der Waals surface area contributed by atoms with Crippen LogP contribution in [0.25, 0.3) is 11.3 Å². The van der Waals surface area contributed by atoms with E-state index in [0.717, 1.165) is 28.1 Å². The molecule has 0 spiro atoms. The molecule has 1 aliphatic rings. The molecule has 7 heteroatoms. The number of carbonyl (C=O) groups is 1. The Labute approximate surface area is 181 Å². The number of ether oxygens (including phenoxy) is 3. The molecule has 1 unspecified atom stereocenters. The van der Waals surface area contributed by atoms with Gasteiger partial charge in [-0.15, -0.1) is 0 Å². The second kappa shape index (κ2) is 8.34. The van der Waals surface area contributed by atoms with Crippen LogP contribution in [0.4, 0.5) is 0 Å². The maximum Gasteiger partial charge on any atom is 0.273 e. The molecule has 1 aromatic heterocycles. The lowest BCUT2D eigenvalue weighted by atomic mass is 9.95. The molecule has 0 aliphatic carbocycles. The number of aromatic nitrogens is 2. The van der Waals surface area contributed by atoms with Gasteiger partial charge in [0.05, 0.1) is 32.6 Å². The molecule has 2 aromatic carbocycles. The molecule has 1 aliphatic heterocycles. The number of hydrogen-bond donors (Lipinski definition) is 1. The van der Waals surface area contributed by atoms with E-state index >= 15 is 0 Å². The predicted octanol–water partition coefficient (Wildman–Crippen LogP) is 4.45. The number of H-pyrrole nitrogens is 1. The van der Waals surface area contributed by atoms with Gasteiger partial charge in [0.25, 0.3) is 5.91 Å². The number of amides is 1. The van der Waals surface area contributed by atoms with Crippen LogP contribution in [0.3, 0.4) is 0 Å². The smallest absolute Gasteiger partial charge is 0.273 e. The van der Waals surface area contributed by atoms with E-state index in [4.69, 9.17) is 14.2 Å². The fourth-order valence-corrected chi connectivity index (χ4v) is 4.12. The molecule has 162 valence electrons. The first-order valence-electron chi connectivity index (χ1n) is 10.4. The van der Waals surface area contributed by atoms with E-state index in [9.17, 15) is 4.79 Å². The van der Waals surface area contributed by atoms with Gasteiger partial charge in [-0.1, -0.05) is 6.07 Å². The van der Waals surface area contributed by atoms with Gasteiger partial charge in [-0.2, -0.15) is 5.10 Å². The Hall–Kier alpha value is -3.48. The molecule has 2 heterocycles. The molecule has 1 N–H and O–H groups in total. The van der Waals surface area contributed by atoms with E-state index in [1.165, 1.54) is 0 Å². The molecule has 0 bridgehead atoms. The minimum Gasteiger partial charge on any atom is -0.497 e. The molecular formula is C24H27N3O4. The zero-order chi connectivity index (χ0) is 22.1. The Morgan fingerprint density at radius 3 is 2.42 bits per heavy atom. The summed E-state index contributed by atoms with van der Waals surface area (Å²) in [7, 11) is 3.25. The minimum atomic E-state index is -0.289. The van der Waals surface area contributed by atoms with Gasteiger partial charge in [0.1, 0.15) is 11.4 Å². The zero-order valence-electron chi connectivity index (χ0n) is 18.4. The fraction of sp³-hybridized carbons (Fsp3) is 0.333. The van der Waals surface area contributed by atoms with Crippen LogP contribution in [0.1, 0.15) is 48.4 Å². The van der Waals surface area contributed by atoms with E-state index in [1.54, 1.807) is 14.2 Å². The lowest BCUT2D eigenvalue weighted by molar-refractivity contribution is 0.0687. The number of benzene rings is 2. The van der Waals surface area contributed by atoms with Crippen molar-refractivity contribution in [2.24, 2.45) is 0 Å². The van der Waals surface area contributed by atoms with Crippen molar-refractivity contribution >= 4 is 5.91 Å². The largest absolute Gasteiger partial charge is 0.497 e. The first kappa shape index (κ1) is 20.8. The van der Waals surface area contributed by atoms with Crippen LogP contribution < -0.4 is 14.2 Å². The highest BCUT2D eigenvalue weighted by Gasteiger charge is 2.43. The molecule has 31 heavy (non-hydrogen) atoms. The molecular weight excluding hydrogens is 394 g/mol. The number of hydrogen-bond acceptors (Lipinski definition) is 5. The van der Waals surface area contributed by atoms with Crippen LogP contribution in [0, 0.1) is 0 Å². The predicted molar refractivity (Wildman–Crippen MR) is 118 cm³/mol. The monoisotopic (exact) mass is 421 g/mol. The van der Waals surface area contributed by atoms with Crippen molar-refractivity contribution in [3.05, 3.63) is 59.3 Å². The molecule has 0 fully saturated rings. The van der Waals surface area contributed by atoms with Crippen LogP contribution in [0.15, 0.2) is 42.5 Å². The normalized spacial score (nSPS) is 15.4. The Morgan fingerprint density at radius 1 is 1.06 bits per heavy atom. The zero-order valence-corrected chi connectivity index (χ0v) is 18.4. The van der Waals surface area contributed by atoms with Gasteiger partial charge in [0.2, 0.25) is 0 Å². The van der Waals surface area contributed by atoms with Gasteiger partial charge in [0.15, 0.2) is 11.5 Å². The Kier molecular flexibility index (Phi) is 5.59.